The lowest BCUT2D eigenvalue weighted by molar-refractivity contribution is -0.123. The van der Waals surface area contributed by atoms with Crippen molar-refractivity contribution in [2.24, 2.45) is 5.92 Å². The van der Waals surface area contributed by atoms with Crippen LogP contribution in [0.2, 0.25) is 5.02 Å². The summed E-state index contributed by atoms with van der Waals surface area (Å²) in [6.45, 7) is 1.29. The number of oxazole rings is 1. The lowest BCUT2D eigenvalue weighted by Gasteiger charge is -2.38. The molecule has 174 valence electrons. The number of aromatic nitrogens is 1. The lowest BCUT2D eigenvalue weighted by Crippen LogP contribution is -2.47. The Labute approximate surface area is 197 Å². The van der Waals surface area contributed by atoms with E-state index in [1.54, 1.807) is 6.07 Å². The Hall–Kier alpha value is -2.55. The van der Waals surface area contributed by atoms with Crippen LogP contribution in [0.5, 0.6) is 0 Å². The monoisotopic (exact) mass is 490 g/mol. The first-order valence-electron chi connectivity index (χ1n) is 10.7. The van der Waals surface area contributed by atoms with Crippen LogP contribution in [-0.2, 0) is 21.4 Å². The van der Waals surface area contributed by atoms with Crippen LogP contribution in [-0.4, -0.2) is 29.5 Å². The summed E-state index contributed by atoms with van der Waals surface area (Å²) in [6.07, 6.45) is 5.66. The fraction of sp³-hybridized carbons (Fsp3) is 0.333. The van der Waals surface area contributed by atoms with Crippen molar-refractivity contribution in [3.05, 3.63) is 71.3 Å². The number of hydrogen-bond donors (Lipinski definition) is 0. The van der Waals surface area contributed by atoms with E-state index in [4.69, 9.17) is 16.0 Å². The summed E-state index contributed by atoms with van der Waals surface area (Å²) in [5.41, 5.74) is 0.656. The Kier molecular flexibility index (Phi) is 6.97. The highest BCUT2D eigenvalue weighted by molar-refractivity contribution is 7.89. The average molecular weight is 491 g/mol. The van der Waals surface area contributed by atoms with E-state index >= 15 is 4.39 Å². The second-order valence-electron chi connectivity index (χ2n) is 8.22. The molecule has 1 aliphatic rings. The molecule has 2 unspecified atom stereocenters. The maximum atomic E-state index is 15.1. The van der Waals surface area contributed by atoms with Gasteiger partial charge in [0.25, 0.3) is 0 Å². The predicted octanol–water partition coefficient (Wildman–Crippen LogP) is 5.47. The highest BCUT2D eigenvalue weighted by Gasteiger charge is 2.39. The number of ketones is 1. The van der Waals surface area contributed by atoms with Crippen molar-refractivity contribution in [1.29, 1.82) is 0 Å². The zero-order valence-electron chi connectivity index (χ0n) is 18.1. The second-order valence-corrected chi connectivity index (χ2v) is 10.5. The topological polar surface area (TPSA) is 80.5 Å². The highest BCUT2D eigenvalue weighted by atomic mass is 35.5. The van der Waals surface area contributed by atoms with Crippen molar-refractivity contribution >= 4 is 27.4 Å². The van der Waals surface area contributed by atoms with E-state index in [1.165, 1.54) is 60.1 Å². The number of carbonyl (C=O) groups is 1. The Morgan fingerprint density at radius 3 is 2.55 bits per heavy atom. The molecule has 2 atom stereocenters. The molecule has 0 amide bonds. The van der Waals surface area contributed by atoms with E-state index in [0.29, 0.717) is 23.4 Å². The maximum Gasteiger partial charge on any atom is 0.243 e. The summed E-state index contributed by atoms with van der Waals surface area (Å²) in [7, 11) is -4.03. The van der Waals surface area contributed by atoms with Crippen LogP contribution in [0.3, 0.4) is 0 Å². The normalized spacial score (nSPS) is 19.0. The number of benzene rings is 2. The molecule has 3 aromatic rings. The van der Waals surface area contributed by atoms with Crippen molar-refractivity contribution in [2.45, 2.75) is 50.1 Å². The molecule has 1 aliphatic carbocycles. The summed E-state index contributed by atoms with van der Waals surface area (Å²) >= 11 is 5.95. The Balaban J connectivity index is 1.74. The first-order valence-corrected chi connectivity index (χ1v) is 12.6. The SMILES string of the molecule is CC(=O)C1CCCCC1N(Cc1ccc(-c2ncco2)cc1F)S(=O)(=O)c1ccc(Cl)cc1. The van der Waals surface area contributed by atoms with Crippen molar-refractivity contribution in [3.63, 3.8) is 0 Å². The molecule has 0 bridgehead atoms. The minimum atomic E-state index is -4.03. The van der Waals surface area contributed by atoms with Crippen LogP contribution in [0.25, 0.3) is 11.5 Å². The third kappa shape index (κ3) is 5.03. The van der Waals surface area contributed by atoms with Gasteiger partial charge in [-0.15, -0.1) is 0 Å². The minimum Gasteiger partial charge on any atom is -0.445 e. The quantitative estimate of drug-likeness (QED) is 0.438. The predicted molar refractivity (Wildman–Crippen MR) is 123 cm³/mol. The van der Waals surface area contributed by atoms with Crippen LogP contribution >= 0.6 is 11.6 Å². The lowest BCUT2D eigenvalue weighted by atomic mass is 9.82. The van der Waals surface area contributed by atoms with E-state index in [2.05, 4.69) is 4.98 Å². The molecule has 1 aromatic heterocycles. The van der Waals surface area contributed by atoms with Gasteiger partial charge in [-0.05, 0) is 56.2 Å². The number of nitrogens with zero attached hydrogens (tertiary/aromatic N) is 2. The third-order valence-electron chi connectivity index (χ3n) is 6.10. The van der Waals surface area contributed by atoms with Crippen LogP contribution in [0.1, 0.15) is 38.2 Å². The van der Waals surface area contributed by atoms with Gasteiger partial charge in [-0.2, -0.15) is 4.31 Å². The third-order valence-corrected chi connectivity index (χ3v) is 8.24. The van der Waals surface area contributed by atoms with Crippen molar-refractivity contribution in [1.82, 2.24) is 9.29 Å². The van der Waals surface area contributed by atoms with E-state index in [0.717, 1.165) is 12.8 Å². The first kappa shape index (κ1) is 23.6. The molecule has 2 aromatic carbocycles. The van der Waals surface area contributed by atoms with Gasteiger partial charge < -0.3 is 4.42 Å². The van der Waals surface area contributed by atoms with Gasteiger partial charge in [-0.1, -0.05) is 30.5 Å². The number of sulfonamides is 1. The molecule has 1 fully saturated rings. The van der Waals surface area contributed by atoms with Gasteiger partial charge in [0.1, 0.15) is 17.9 Å². The Bertz CT molecular complexity index is 1230. The van der Waals surface area contributed by atoms with Crippen molar-refractivity contribution < 1.29 is 22.0 Å². The summed E-state index contributed by atoms with van der Waals surface area (Å²) in [4.78, 5) is 16.5. The van der Waals surface area contributed by atoms with E-state index in [9.17, 15) is 13.2 Å². The summed E-state index contributed by atoms with van der Waals surface area (Å²) in [5, 5.41) is 0.410. The van der Waals surface area contributed by atoms with E-state index in [-0.39, 0.29) is 28.7 Å². The van der Waals surface area contributed by atoms with Crippen molar-refractivity contribution in [2.75, 3.05) is 0 Å². The smallest absolute Gasteiger partial charge is 0.243 e. The minimum absolute atomic E-state index is 0.0524. The number of rotatable bonds is 7. The maximum absolute atomic E-state index is 15.1. The molecule has 9 heteroatoms. The highest BCUT2D eigenvalue weighted by Crippen LogP contribution is 2.35. The Morgan fingerprint density at radius 2 is 1.91 bits per heavy atom. The molecule has 4 rings (SSSR count). The summed E-state index contributed by atoms with van der Waals surface area (Å²) < 4.78 is 49.0. The number of hydrogen-bond acceptors (Lipinski definition) is 5. The van der Waals surface area contributed by atoms with Gasteiger partial charge >= 0.3 is 0 Å². The van der Waals surface area contributed by atoms with Crippen LogP contribution in [0.4, 0.5) is 4.39 Å². The van der Waals surface area contributed by atoms with Crippen molar-refractivity contribution in [3.8, 4) is 11.5 Å². The fourth-order valence-electron chi connectivity index (χ4n) is 4.40. The summed E-state index contributed by atoms with van der Waals surface area (Å²) in [6, 6.07) is 9.76. The van der Waals surface area contributed by atoms with E-state index in [1.807, 2.05) is 0 Å². The van der Waals surface area contributed by atoms with Crippen LogP contribution < -0.4 is 0 Å². The summed E-state index contributed by atoms with van der Waals surface area (Å²) in [5.74, 6) is -0.793. The number of Topliss-reactive ketones (excluding diaryl/α,β-unsaturated/α-hetero) is 1. The van der Waals surface area contributed by atoms with Crippen LogP contribution in [0, 0.1) is 11.7 Å². The van der Waals surface area contributed by atoms with E-state index < -0.39 is 27.8 Å². The molecule has 0 spiro atoms. The molecule has 0 aliphatic heterocycles. The molecule has 33 heavy (non-hydrogen) atoms. The molecular weight excluding hydrogens is 467 g/mol. The number of halogens is 2. The molecule has 6 nitrogen and oxygen atoms in total. The van der Waals surface area contributed by atoms with Crippen LogP contribution in [0.15, 0.2) is 64.2 Å². The molecule has 0 saturated heterocycles. The molecule has 0 N–H and O–H groups in total. The van der Waals surface area contributed by atoms with Gasteiger partial charge in [0.05, 0.1) is 11.1 Å². The standard InChI is InChI=1S/C24H24ClFN2O4S/c1-16(29)21-4-2-3-5-23(21)28(33(30,31)20-10-8-19(25)9-11-20)15-18-7-6-17(14-22(18)26)24-27-12-13-32-24/h6-14,21,23H,2-5,15H2,1H3. The average Bonchev–Trinajstić information content (AvgIpc) is 3.33. The van der Waals surface area contributed by atoms with Gasteiger partial charge in [0.2, 0.25) is 15.9 Å². The fourth-order valence-corrected chi connectivity index (χ4v) is 6.19. The molecule has 0 radical (unpaired) electrons. The molecule has 1 saturated carbocycles. The largest absolute Gasteiger partial charge is 0.445 e. The van der Waals surface area contributed by atoms with Gasteiger partial charge in [0, 0.05) is 34.7 Å². The first-order chi connectivity index (χ1) is 15.8. The Morgan fingerprint density at radius 1 is 1.18 bits per heavy atom. The zero-order chi connectivity index (χ0) is 23.6. The second kappa shape index (κ2) is 9.75. The molecular formula is C24H24ClFN2O4S. The van der Waals surface area contributed by atoms with Gasteiger partial charge in [0.15, 0.2) is 0 Å². The number of carbonyl (C=O) groups excluding carboxylic acids is 1. The van der Waals surface area contributed by atoms with Gasteiger partial charge in [-0.25, -0.2) is 17.8 Å². The molecule has 1 heterocycles. The zero-order valence-corrected chi connectivity index (χ0v) is 19.7. The van der Waals surface area contributed by atoms with Gasteiger partial charge in [-0.3, -0.25) is 4.79 Å².